The van der Waals surface area contributed by atoms with E-state index in [1.165, 1.54) is 5.56 Å². The second-order valence-electron chi connectivity index (χ2n) is 5.09. The maximum absolute atomic E-state index is 10.8. The third kappa shape index (κ3) is 4.29. The van der Waals surface area contributed by atoms with Crippen molar-refractivity contribution in [3.8, 4) is 11.1 Å². The largest absolute Gasteiger partial charge is 0.478 e. The van der Waals surface area contributed by atoms with E-state index in [1.54, 1.807) is 13.0 Å². The van der Waals surface area contributed by atoms with Crippen LogP contribution in [0.1, 0.15) is 12.5 Å². The summed E-state index contributed by atoms with van der Waals surface area (Å²) in [6.45, 7) is 1.56. The van der Waals surface area contributed by atoms with Gasteiger partial charge in [0.05, 0.1) is 0 Å². The number of benzene rings is 2. The molecule has 3 N–H and O–H groups in total. The molecule has 2 aromatic rings. The van der Waals surface area contributed by atoms with Gasteiger partial charge in [0, 0.05) is 11.6 Å². The summed E-state index contributed by atoms with van der Waals surface area (Å²) in [6, 6.07) is 18.1. The Morgan fingerprint density at radius 1 is 1.10 bits per heavy atom. The molecule has 2 aromatic carbocycles. The van der Waals surface area contributed by atoms with Gasteiger partial charge in [-0.3, -0.25) is 0 Å². The van der Waals surface area contributed by atoms with Gasteiger partial charge >= 0.3 is 5.97 Å². The van der Waals surface area contributed by atoms with Crippen LogP contribution in [0.3, 0.4) is 0 Å². The molecule has 0 radical (unpaired) electrons. The molecule has 1 atom stereocenters. The van der Waals surface area contributed by atoms with Crippen LogP contribution in [0, 0.1) is 0 Å². The third-order valence-corrected chi connectivity index (χ3v) is 3.33. The smallest absolute Gasteiger partial charge is 0.331 e. The van der Waals surface area contributed by atoms with Crippen LogP contribution in [-0.4, -0.2) is 17.1 Å². The lowest BCUT2D eigenvalue weighted by molar-refractivity contribution is -0.132. The predicted molar refractivity (Wildman–Crippen MR) is 85.0 cm³/mol. The Hall–Kier alpha value is -2.39. The maximum Gasteiger partial charge on any atom is 0.331 e. The van der Waals surface area contributed by atoms with Gasteiger partial charge in [0.25, 0.3) is 0 Å². The number of carboxylic acids is 1. The molecule has 0 aliphatic rings. The maximum atomic E-state index is 10.8. The van der Waals surface area contributed by atoms with Crippen molar-refractivity contribution < 1.29 is 9.90 Å². The molecule has 0 aliphatic heterocycles. The highest BCUT2D eigenvalue weighted by atomic mass is 16.4. The van der Waals surface area contributed by atoms with Crippen LogP contribution in [0.15, 0.2) is 66.2 Å². The van der Waals surface area contributed by atoms with Crippen LogP contribution in [0.2, 0.25) is 0 Å². The second kappa shape index (κ2) is 6.86. The highest BCUT2D eigenvalue weighted by molar-refractivity contribution is 5.85. The van der Waals surface area contributed by atoms with E-state index in [2.05, 4.69) is 24.3 Å². The fourth-order valence-electron chi connectivity index (χ4n) is 2.19. The standard InChI is InChI=1S/C18H19NO2/c1-13(18(20)21)11-17(19)12-14-7-9-16(10-8-14)15-5-3-2-4-6-15/h2-11,17H,12,19H2,1H3,(H,20,21)/t17-/m0/s1. The first-order valence-electron chi connectivity index (χ1n) is 6.88. The molecule has 0 aromatic heterocycles. The molecule has 0 amide bonds. The van der Waals surface area contributed by atoms with Crippen LogP contribution in [0.25, 0.3) is 11.1 Å². The number of rotatable bonds is 5. The van der Waals surface area contributed by atoms with E-state index in [0.29, 0.717) is 6.42 Å². The van der Waals surface area contributed by atoms with E-state index >= 15 is 0 Å². The quantitative estimate of drug-likeness (QED) is 0.827. The Labute approximate surface area is 124 Å². The Balaban J connectivity index is 2.06. The minimum atomic E-state index is -0.926. The highest BCUT2D eigenvalue weighted by Gasteiger charge is 2.06. The highest BCUT2D eigenvalue weighted by Crippen LogP contribution is 2.19. The molecule has 0 aliphatic carbocycles. The molecule has 21 heavy (non-hydrogen) atoms. The average Bonchev–Trinajstić information content (AvgIpc) is 2.48. The zero-order valence-corrected chi connectivity index (χ0v) is 12.0. The summed E-state index contributed by atoms with van der Waals surface area (Å²) in [5, 5.41) is 8.84. The van der Waals surface area contributed by atoms with Gasteiger partial charge in [-0.1, -0.05) is 60.7 Å². The van der Waals surface area contributed by atoms with Crippen LogP contribution >= 0.6 is 0 Å². The summed E-state index contributed by atoms with van der Waals surface area (Å²) >= 11 is 0. The van der Waals surface area contributed by atoms with Crippen molar-refractivity contribution in [2.75, 3.05) is 0 Å². The van der Waals surface area contributed by atoms with Crippen molar-refractivity contribution in [1.82, 2.24) is 0 Å². The Morgan fingerprint density at radius 3 is 2.24 bits per heavy atom. The molecule has 0 bridgehead atoms. The fraction of sp³-hybridized carbons (Fsp3) is 0.167. The zero-order valence-electron chi connectivity index (χ0n) is 12.0. The minimum absolute atomic E-state index is 0.281. The van der Waals surface area contributed by atoms with Crippen molar-refractivity contribution in [3.05, 3.63) is 71.8 Å². The van der Waals surface area contributed by atoms with Crippen LogP contribution in [-0.2, 0) is 11.2 Å². The first-order chi connectivity index (χ1) is 10.1. The lowest BCUT2D eigenvalue weighted by Gasteiger charge is -2.09. The summed E-state index contributed by atoms with van der Waals surface area (Å²) in [4.78, 5) is 10.8. The number of nitrogens with two attached hydrogens (primary N) is 1. The van der Waals surface area contributed by atoms with Crippen LogP contribution in [0.4, 0.5) is 0 Å². The summed E-state index contributed by atoms with van der Waals surface area (Å²) in [5.74, 6) is -0.926. The molecule has 0 heterocycles. The molecule has 0 spiro atoms. The third-order valence-electron chi connectivity index (χ3n) is 3.33. The summed E-state index contributed by atoms with van der Waals surface area (Å²) in [7, 11) is 0. The van der Waals surface area contributed by atoms with Crippen molar-refractivity contribution in [3.63, 3.8) is 0 Å². The van der Waals surface area contributed by atoms with Gasteiger partial charge in [0.2, 0.25) is 0 Å². The van der Waals surface area contributed by atoms with Gasteiger partial charge < -0.3 is 10.8 Å². The molecular weight excluding hydrogens is 262 g/mol. The molecule has 3 heteroatoms. The minimum Gasteiger partial charge on any atom is -0.478 e. The predicted octanol–water partition coefficient (Wildman–Crippen LogP) is 3.25. The number of hydrogen-bond donors (Lipinski definition) is 2. The summed E-state index contributed by atoms with van der Waals surface area (Å²) in [6.07, 6.45) is 2.22. The van der Waals surface area contributed by atoms with Gasteiger partial charge in [0.15, 0.2) is 0 Å². The fourth-order valence-corrected chi connectivity index (χ4v) is 2.19. The van der Waals surface area contributed by atoms with Gasteiger partial charge in [-0.15, -0.1) is 0 Å². The molecule has 0 fully saturated rings. The normalized spacial score (nSPS) is 13.0. The number of carbonyl (C=O) groups is 1. The molecular formula is C18H19NO2. The molecule has 0 saturated carbocycles. The average molecular weight is 281 g/mol. The Kier molecular flexibility index (Phi) is 4.90. The van der Waals surface area contributed by atoms with E-state index in [-0.39, 0.29) is 11.6 Å². The zero-order chi connectivity index (χ0) is 15.2. The number of hydrogen-bond acceptors (Lipinski definition) is 2. The molecule has 2 rings (SSSR count). The number of carboxylic acid groups (broad SMARTS) is 1. The lowest BCUT2D eigenvalue weighted by Crippen LogP contribution is -2.21. The molecule has 108 valence electrons. The van der Waals surface area contributed by atoms with Gasteiger partial charge in [-0.05, 0) is 30.0 Å². The summed E-state index contributed by atoms with van der Waals surface area (Å²) in [5.41, 5.74) is 9.66. The van der Waals surface area contributed by atoms with E-state index in [9.17, 15) is 4.79 Å². The van der Waals surface area contributed by atoms with Gasteiger partial charge in [0.1, 0.15) is 0 Å². The van der Waals surface area contributed by atoms with Crippen molar-refractivity contribution in [2.45, 2.75) is 19.4 Å². The van der Waals surface area contributed by atoms with Crippen LogP contribution in [0.5, 0.6) is 0 Å². The second-order valence-corrected chi connectivity index (χ2v) is 5.09. The molecule has 0 saturated heterocycles. The van der Waals surface area contributed by atoms with Crippen LogP contribution < -0.4 is 5.73 Å². The Morgan fingerprint density at radius 2 is 1.67 bits per heavy atom. The monoisotopic (exact) mass is 281 g/mol. The molecule has 0 unspecified atom stereocenters. The first kappa shape index (κ1) is 15.0. The van der Waals surface area contributed by atoms with Crippen molar-refractivity contribution in [2.24, 2.45) is 5.73 Å². The van der Waals surface area contributed by atoms with E-state index in [1.807, 2.05) is 30.3 Å². The molecule has 3 nitrogen and oxygen atoms in total. The SMILES string of the molecule is CC(=C[C@H](N)Cc1ccc(-c2ccccc2)cc1)C(=O)O. The van der Waals surface area contributed by atoms with E-state index in [4.69, 9.17) is 10.8 Å². The van der Waals surface area contributed by atoms with Crippen molar-refractivity contribution in [1.29, 1.82) is 0 Å². The first-order valence-corrected chi connectivity index (χ1v) is 6.88. The Bertz CT molecular complexity index is 630. The summed E-state index contributed by atoms with van der Waals surface area (Å²) < 4.78 is 0. The van der Waals surface area contributed by atoms with E-state index in [0.717, 1.165) is 11.1 Å². The topological polar surface area (TPSA) is 63.3 Å². The van der Waals surface area contributed by atoms with Gasteiger partial charge in [-0.2, -0.15) is 0 Å². The number of aliphatic carboxylic acids is 1. The van der Waals surface area contributed by atoms with Crippen molar-refractivity contribution >= 4 is 5.97 Å². The van der Waals surface area contributed by atoms with Gasteiger partial charge in [-0.25, -0.2) is 4.79 Å². The van der Waals surface area contributed by atoms with E-state index < -0.39 is 5.97 Å². The lowest BCUT2D eigenvalue weighted by atomic mass is 10.00.